The Balaban J connectivity index is 3.18. The van der Waals surface area contributed by atoms with Crippen LogP contribution in [0.5, 0.6) is 0 Å². The van der Waals surface area contributed by atoms with Gasteiger partial charge in [0.2, 0.25) is 0 Å². The van der Waals surface area contributed by atoms with Crippen molar-refractivity contribution in [2.45, 2.75) is 40.7 Å². The van der Waals surface area contributed by atoms with Crippen LogP contribution in [0.15, 0.2) is 22.8 Å². The summed E-state index contributed by atoms with van der Waals surface area (Å²) in [5.41, 5.74) is 10.3. The molecule has 1 aliphatic carbocycles. The van der Waals surface area contributed by atoms with Crippen LogP contribution in [-0.4, -0.2) is 6.04 Å². The van der Waals surface area contributed by atoms with E-state index in [1.54, 1.807) is 0 Å². The van der Waals surface area contributed by atoms with Gasteiger partial charge in [0.15, 0.2) is 0 Å². The second-order valence-electron chi connectivity index (χ2n) is 4.40. The SMILES string of the molecule is CC1=CC(C)=C(C)C(C)(C)C1N. The van der Waals surface area contributed by atoms with E-state index in [1.807, 2.05) is 0 Å². The second kappa shape index (κ2) is 2.74. The average molecular weight is 165 g/mol. The van der Waals surface area contributed by atoms with Gasteiger partial charge in [0, 0.05) is 11.5 Å². The molecule has 12 heavy (non-hydrogen) atoms. The average Bonchev–Trinajstić information content (AvgIpc) is 1.99. The van der Waals surface area contributed by atoms with Gasteiger partial charge in [0.05, 0.1) is 0 Å². The third kappa shape index (κ3) is 1.22. The smallest absolute Gasteiger partial charge is 0.0343 e. The summed E-state index contributed by atoms with van der Waals surface area (Å²) in [6.45, 7) is 10.9. The van der Waals surface area contributed by atoms with Gasteiger partial charge in [-0.3, -0.25) is 0 Å². The predicted octanol–water partition coefficient (Wildman–Crippen LogP) is 2.64. The molecule has 0 saturated heterocycles. The van der Waals surface area contributed by atoms with Crippen molar-refractivity contribution in [2.75, 3.05) is 0 Å². The zero-order valence-corrected chi connectivity index (χ0v) is 8.73. The first-order chi connectivity index (χ1) is 5.37. The number of rotatable bonds is 0. The van der Waals surface area contributed by atoms with Crippen molar-refractivity contribution in [1.82, 2.24) is 0 Å². The lowest BCUT2D eigenvalue weighted by molar-refractivity contribution is 0.373. The minimum Gasteiger partial charge on any atom is -0.324 e. The molecule has 1 nitrogen and oxygen atoms in total. The second-order valence-corrected chi connectivity index (χ2v) is 4.40. The Hall–Kier alpha value is -0.560. The molecule has 1 heteroatoms. The highest BCUT2D eigenvalue weighted by Crippen LogP contribution is 2.38. The van der Waals surface area contributed by atoms with E-state index in [2.05, 4.69) is 40.7 Å². The van der Waals surface area contributed by atoms with Gasteiger partial charge >= 0.3 is 0 Å². The van der Waals surface area contributed by atoms with Crippen LogP contribution >= 0.6 is 0 Å². The molecule has 0 fully saturated rings. The molecule has 68 valence electrons. The molecule has 1 unspecified atom stereocenters. The van der Waals surface area contributed by atoms with Crippen molar-refractivity contribution >= 4 is 0 Å². The van der Waals surface area contributed by atoms with Crippen molar-refractivity contribution in [3.8, 4) is 0 Å². The van der Waals surface area contributed by atoms with E-state index < -0.39 is 0 Å². The van der Waals surface area contributed by atoms with Gasteiger partial charge in [-0.2, -0.15) is 0 Å². The first-order valence-corrected chi connectivity index (χ1v) is 4.49. The molecule has 0 aromatic rings. The summed E-state index contributed by atoms with van der Waals surface area (Å²) in [4.78, 5) is 0. The summed E-state index contributed by atoms with van der Waals surface area (Å²) in [6.07, 6.45) is 2.20. The summed E-state index contributed by atoms with van der Waals surface area (Å²) in [5.74, 6) is 0. The maximum atomic E-state index is 6.11. The van der Waals surface area contributed by atoms with Gasteiger partial charge in [-0.1, -0.05) is 36.6 Å². The highest BCUT2D eigenvalue weighted by atomic mass is 14.7. The van der Waals surface area contributed by atoms with Crippen LogP contribution in [0.25, 0.3) is 0 Å². The van der Waals surface area contributed by atoms with E-state index >= 15 is 0 Å². The van der Waals surface area contributed by atoms with Crippen molar-refractivity contribution in [3.05, 3.63) is 22.8 Å². The van der Waals surface area contributed by atoms with Gasteiger partial charge in [0.25, 0.3) is 0 Å². The molecule has 2 N–H and O–H groups in total. The Morgan fingerprint density at radius 3 is 2.25 bits per heavy atom. The fourth-order valence-electron chi connectivity index (χ4n) is 1.85. The minimum atomic E-state index is 0.128. The van der Waals surface area contributed by atoms with Crippen molar-refractivity contribution in [1.29, 1.82) is 0 Å². The van der Waals surface area contributed by atoms with E-state index in [1.165, 1.54) is 16.7 Å². The van der Waals surface area contributed by atoms with Crippen LogP contribution in [-0.2, 0) is 0 Å². The van der Waals surface area contributed by atoms with Crippen LogP contribution in [0, 0.1) is 5.41 Å². The van der Waals surface area contributed by atoms with Crippen LogP contribution in [0.1, 0.15) is 34.6 Å². The molecule has 0 aromatic heterocycles. The summed E-state index contributed by atoms with van der Waals surface area (Å²) < 4.78 is 0. The van der Waals surface area contributed by atoms with E-state index in [0.717, 1.165) is 0 Å². The lowest BCUT2D eigenvalue weighted by Gasteiger charge is -2.37. The molecule has 0 saturated carbocycles. The van der Waals surface area contributed by atoms with Crippen molar-refractivity contribution < 1.29 is 0 Å². The molecule has 0 bridgehead atoms. The zero-order chi connectivity index (χ0) is 9.52. The minimum absolute atomic E-state index is 0.128. The van der Waals surface area contributed by atoms with E-state index in [4.69, 9.17) is 5.73 Å². The number of allylic oxidation sites excluding steroid dienone is 2. The lowest BCUT2D eigenvalue weighted by Crippen LogP contribution is -2.41. The lowest BCUT2D eigenvalue weighted by atomic mass is 9.70. The Morgan fingerprint density at radius 1 is 1.25 bits per heavy atom. The summed E-state index contributed by atoms with van der Waals surface area (Å²) >= 11 is 0. The highest BCUT2D eigenvalue weighted by molar-refractivity contribution is 5.38. The highest BCUT2D eigenvalue weighted by Gasteiger charge is 2.32. The molecule has 1 rings (SSSR count). The fraction of sp³-hybridized carbons (Fsp3) is 0.636. The molecule has 0 amide bonds. The monoisotopic (exact) mass is 165 g/mol. The number of hydrogen-bond acceptors (Lipinski definition) is 1. The van der Waals surface area contributed by atoms with Crippen molar-refractivity contribution in [3.63, 3.8) is 0 Å². The zero-order valence-electron chi connectivity index (χ0n) is 8.73. The van der Waals surface area contributed by atoms with Crippen LogP contribution in [0.3, 0.4) is 0 Å². The molecular weight excluding hydrogens is 146 g/mol. The quantitative estimate of drug-likeness (QED) is 0.586. The van der Waals surface area contributed by atoms with Gasteiger partial charge < -0.3 is 5.73 Å². The van der Waals surface area contributed by atoms with Gasteiger partial charge in [-0.25, -0.2) is 0 Å². The van der Waals surface area contributed by atoms with Crippen LogP contribution in [0.2, 0.25) is 0 Å². The van der Waals surface area contributed by atoms with Crippen molar-refractivity contribution in [2.24, 2.45) is 11.1 Å². The van der Waals surface area contributed by atoms with Gasteiger partial charge in [0.1, 0.15) is 0 Å². The maximum Gasteiger partial charge on any atom is 0.0343 e. The van der Waals surface area contributed by atoms with Crippen LogP contribution in [0.4, 0.5) is 0 Å². The Kier molecular flexibility index (Phi) is 2.17. The van der Waals surface area contributed by atoms with E-state index in [0.29, 0.717) is 0 Å². The Morgan fingerprint density at radius 2 is 1.75 bits per heavy atom. The molecule has 0 aliphatic heterocycles. The fourth-order valence-corrected chi connectivity index (χ4v) is 1.85. The summed E-state index contributed by atoms with van der Waals surface area (Å²) in [6, 6.07) is 0.182. The number of hydrogen-bond donors (Lipinski definition) is 1. The van der Waals surface area contributed by atoms with Gasteiger partial charge in [-0.15, -0.1) is 0 Å². The molecule has 1 aliphatic rings. The maximum absolute atomic E-state index is 6.11. The van der Waals surface area contributed by atoms with E-state index in [-0.39, 0.29) is 11.5 Å². The summed E-state index contributed by atoms with van der Waals surface area (Å²) in [7, 11) is 0. The molecular formula is C11H19N. The standard InChI is InChI=1S/C11H19N/c1-7-6-8(2)10(12)11(4,5)9(7)3/h6,10H,12H2,1-5H3. The largest absolute Gasteiger partial charge is 0.324 e. The Bertz CT molecular complexity index is 256. The summed E-state index contributed by atoms with van der Waals surface area (Å²) in [5, 5.41) is 0. The topological polar surface area (TPSA) is 26.0 Å². The number of nitrogens with two attached hydrogens (primary N) is 1. The normalized spacial score (nSPS) is 28.8. The Labute approximate surface area is 75.3 Å². The first-order valence-electron chi connectivity index (χ1n) is 4.49. The molecule has 1 atom stereocenters. The van der Waals surface area contributed by atoms with E-state index in [9.17, 15) is 0 Å². The van der Waals surface area contributed by atoms with Gasteiger partial charge in [-0.05, 0) is 20.8 Å². The molecule has 0 aromatic carbocycles. The van der Waals surface area contributed by atoms with Crippen LogP contribution < -0.4 is 5.73 Å². The molecule has 0 heterocycles. The third-order valence-electron chi connectivity index (χ3n) is 3.27. The third-order valence-corrected chi connectivity index (χ3v) is 3.27. The molecule has 0 radical (unpaired) electrons. The predicted molar refractivity (Wildman–Crippen MR) is 53.9 cm³/mol. The first kappa shape index (κ1) is 9.53. The molecule has 0 spiro atoms.